The van der Waals surface area contributed by atoms with E-state index in [-0.39, 0.29) is 18.1 Å². The maximum Gasteiger partial charge on any atom is 0.256 e. The molecule has 2 aromatic heterocycles. The number of carbonyl (C=O) groups excluding carboxylic acids is 1. The molecule has 4 aromatic rings. The number of hydrogen-bond donors (Lipinski definition) is 2. The molecule has 1 amide bonds. The highest BCUT2D eigenvalue weighted by atomic mass is 16.6. The normalized spacial score (nSPS) is 19.1. The number of nitrogens with one attached hydrogen (secondary N) is 1. The van der Waals surface area contributed by atoms with Gasteiger partial charge in [0.2, 0.25) is 0 Å². The van der Waals surface area contributed by atoms with E-state index in [2.05, 4.69) is 20.3 Å². The van der Waals surface area contributed by atoms with Crippen molar-refractivity contribution in [1.82, 2.24) is 19.5 Å². The van der Waals surface area contributed by atoms with E-state index in [4.69, 9.17) is 9.47 Å². The van der Waals surface area contributed by atoms with Crippen LogP contribution in [0.25, 0.3) is 11.2 Å². The van der Waals surface area contributed by atoms with Gasteiger partial charge in [0.25, 0.3) is 5.91 Å². The Bertz CT molecular complexity index is 1240. The number of ether oxygens (including phenoxy) is 2. The van der Waals surface area contributed by atoms with Gasteiger partial charge >= 0.3 is 0 Å². The molecule has 1 fully saturated rings. The monoisotopic (exact) mass is 459 g/mol. The van der Waals surface area contributed by atoms with Gasteiger partial charge < -0.3 is 24.5 Å². The van der Waals surface area contributed by atoms with Crippen molar-refractivity contribution in [2.45, 2.75) is 31.3 Å². The zero-order valence-electron chi connectivity index (χ0n) is 18.4. The van der Waals surface area contributed by atoms with Crippen LogP contribution in [0.3, 0.4) is 0 Å². The van der Waals surface area contributed by atoms with E-state index in [0.717, 1.165) is 18.4 Å². The van der Waals surface area contributed by atoms with Crippen molar-refractivity contribution in [2.75, 3.05) is 18.5 Å². The molecule has 3 atom stereocenters. The summed E-state index contributed by atoms with van der Waals surface area (Å²) in [5.74, 6) is 0.118. The second-order valence-corrected chi connectivity index (χ2v) is 8.15. The van der Waals surface area contributed by atoms with Gasteiger partial charge in [-0.15, -0.1) is 0 Å². The van der Waals surface area contributed by atoms with Crippen LogP contribution in [-0.2, 0) is 9.47 Å². The predicted octanol–water partition coefficient (Wildman–Crippen LogP) is 3.51. The number of nitrogens with zero attached hydrogens (tertiary/aromatic N) is 4. The van der Waals surface area contributed by atoms with E-state index in [1.54, 1.807) is 18.5 Å². The van der Waals surface area contributed by atoms with Gasteiger partial charge in [0, 0.05) is 11.1 Å². The van der Waals surface area contributed by atoms with E-state index < -0.39 is 6.29 Å². The van der Waals surface area contributed by atoms with Crippen LogP contribution < -0.4 is 5.32 Å². The largest absolute Gasteiger partial charge is 0.374 e. The zero-order chi connectivity index (χ0) is 23.3. The third kappa shape index (κ3) is 4.81. The van der Waals surface area contributed by atoms with Crippen molar-refractivity contribution in [2.24, 2.45) is 0 Å². The van der Waals surface area contributed by atoms with Gasteiger partial charge in [-0.3, -0.25) is 4.79 Å². The summed E-state index contributed by atoms with van der Waals surface area (Å²) in [5, 5.41) is 13.0. The lowest BCUT2D eigenvalue weighted by atomic mass is 10.1. The van der Waals surface area contributed by atoms with Gasteiger partial charge in [-0.05, 0) is 25.0 Å². The van der Waals surface area contributed by atoms with Crippen LogP contribution >= 0.6 is 0 Å². The second-order valence-electron chi connectivity index (χ2n) is 8.15. The van der Waals surface area contributed by atoms with Crippen LogP contribution in [0.5, 0.6) is 0 Å². The molecule has 0 bridgehead atoms. The summed E-state index contributed by atoms with van der Waals surface area (Å²) in [6, 6.07) is 18.3. The number of imidazole rings is 1. The highest BCUT2D eigenvalue weighted by molar-refractivity contribution is 6.06. The summed E-state index contributed by atoms with van der Waals surface area (Å²) >= 11 is 0. The third-order valence-corrected chi connectivity index (χ3v) is 5.89. The molecule has 1 aliphatic rings. The van der Waals surface area contributed by atoms with Crippen molar-refractivity contribution < 1.29 is 19.4 Å². The Morgan fingerprint density at radius 2 is 1.85 bits per heavy atom. The topological polar surface area (TPSA) is 111 Å². The van der Waals surface area contributed by atoms with Crippen molar-refractivity contribution in [3.63, 3.8) is 0 Å². The molecular formula is C25H25N5O4. The number of aliphatic hydroxyl groups is 1. The van der Waals surface area contributed by atoms with Crippen LogP contribution in [0.1, 0.15) is 41.1 Å². The Morgan fingerprint density at radius 3 is 2.59 bits per heavy atom. The summed E-state index contributed by atoms with van der Waals surface area (Å²) in [5.41, 5.74) is 2.43. The van der Waals surface area contributed by atoms with Gasteiger partial charge in [0.1, 0.15) is 6.33 Å². The number of rotatable bonds is 7. The maximum atomic E-state index is 12.5. The number of aliphatic hydroxyl groups excluding tert-OH is 1. The molecule has 3 unspecified atom stereocenters. The van der Waals surface area contributed by atoms with Crippen molar-refractivity contribution in [1.29, 1.82) is 0 Å². The molecule has 0 radical (unpaired) electrons. The third-order valence-electron chi connectivity index (χ3n) is 5.89. The van der Waals surface area contributed by atoms with Gasteiger partial charge in [-0.2, -0.15) is 0 Å². The molecule has 5 rings (SSSR count). The van der Waals surface area contributed by atoms with Gasteiger partial charge in [-0.1, -0.05) is 48.5 Å². The molecule has 34 heavy (non-hydrogen) atoms. The van der Waals surface area contributed by atoms with Crippen molar-refractivity contribution in [3.8, 4) is 0 Å². The smallest absolute Gasteiger partial charge is 0.256 e. The van der Waals surface area contributed by atoms with Crippen LogP contribution in [-0.4, -0.2) is 49.9 Å². The summed E-state index contributed by atoms with van der Waals surface area (Å²) in [7, 11) is 0. The Balaban J connectivity index is 1.21. The Labute approximate surface area is 196 Å². The standard InChI is InChI=1S/C25H25N5O4/c31-24(17-7-3-1-4-8-17)29-22-21-23(27-15-26-22)30(16-28-21)19-11-12-20(33-13-19)14-34-25(32)18-9-5-2-6-10-18/h1-10,15-16,19-20,25,32H,11-14H2,(H,26,27,29,31). The second kappa shape index (κ2) is 10.1. The zero-order valence-corrected chi connectivity index (χ0v) is 18.4. The number of benzene rings is 2. The average molecular weight is 460 g/mol. The number of hydrogen-bond acceptors (Lipinski definition) is 7. The minimum absolute atomic E-state index is 0.0490. The van der Waals surface area contributed by atoms with E-state index in [1.807, 2.05) is 53.1 Å². The number of aromatic nitrogens is 4. The first kappa shape index (κ1) is 22.1. The molecule has 0 aliphatic carbocycles. The molecule has 9 nitrogen and oxygen atoms in total. The average Bonchev–Trinajstić information content (AvgIpc) is 3.34. The molecule has 174 valence electrons. The van der Waals surface area contributed by atoms with Gasteiger partial charge in [0.15, 0.2) is 23.3 Å². The molecule has 2 aromatic carbocycles. The van der Waals surface area contributed by atoms with Crippen molar-refractivity contribution >= 4 is 22.9 Å². The minimum atomic E-state index is -0.971. The van der Waals surface area contributed by atoms with Crippen LogP contribution in [0.2, 0.25) is 0 Å². The van der Waals surface area contributed by atoms with E-state index in [9.17, 15) is 9.90 Å². The summed E-state index contributed by atoms with van der Waals surface area (Å²) in [4.78, 5) is 25.6. The Morgan fingerprint density at radius 1 is 1.09 bits per heavy atom. The van der Waals surface area contributed by atoms with E-state index >= 15 is 0 Å². The quantitative estimate of drug-likeness (QED) is 0.407. The fraction of sp³-hybridized carbons (Fsp3) is 0.280. The molecule has 9 heteroatoms. The molecule has 0 spiro atoms. The summed E-state index contributed by atoms with van der Waals surface area (Å²) in [6.45, 7) is 0.780. The first-order valence-electron chi connectivity index (χ1n) is 11.2. The molecule has 1 saturated heterocycles. The number of carbonyl (C=O) groups is 1. The molecule has 3 heterocycles. The lowest BCUT2D eigenvalue weighted by Crippen LogP contribution is -2.31. The maximum absolute atomic E-state index is 12.5. The summed E-state index contributed by atoms with van der Waals surface area (Å²) < 4.78 is 13.6. The number of fused-ring (bicyclic) bond motifs is 1. The first-order valence-corrected chi connectivity index (χ1v) is 11.2. The fourth-order valence-electron chi connectivity index (χ4n) is 4.04. The fourth-order valence-corrected chi connectivity index (χ4v) is 4.04. The lowest BCUT2D eigenvalue weighted by molar-refractivity contribution is -0.144. The SMILES string of the molecule is O=C(Nc1ncnc2c1ncn2C1CCC(COC(O)c2ccccc2)OC1)c1ccccc1. The first-order chi connectivity index (χ1) is 16.7. The Hall–Kier alpha value is -3.66. The van der Waals surface area contributed by atoms with Crippen LogP contribution in [0.4, 0.5) is 5.82 Å². The predicted molar refractivity (Wildman–Crippen MR) is 125 cm³/mol. The van der Waals surface area contributed by atoms with E-state index in [0.29, 0.717) is 35.8 Å². The summed E-state index contributed by atoms with van der Waals surface area (Å²) in [6.07, 6.45) is 3.68. The van der Waals surface area contributed by atoms with Crippen LogP contribution in [0.15, 0.2) is 73.3 Å². The minimum Gasteiger partial charge on any atom is -0.374 e. The van der Waals surface area contributed by atoms with E-state index in [1.165, 1.54) is 6.33 Å². The molecular weight excluding hydrogens is 434 g/mol. The Kier molecular flexibility index (Phi) is 6.57. The molecule has 2 N–H and O–H groups in total. The van der Waals surface area contributed by atoms with Crippen LogP contribution in [0, 0.1) is 0 Å². The molecule has 1 aliphatic heterocycles. The highest BCUT2D eigenvalue weighted by Crippen LogP contribution is 2.28. The van der Waals surface area contributed by atoms with Gasteiger partial charge in [0.05, 0.1) is 31.7 Å². The highest BCUT2D eigenvalue weighted by Gasteiger charge is 2.26. The van der Waals surface area contributed by atoms with Crippen molar-refractivity contribution in [3.05, 3.63) is 84.4 Å². The molecule has 0 saturated carbocycles. The van der Waals surface area contributed by atoms with Gasteiger partial charge in [-0.25, -0.2) is 15.0 Å². The lowest BCUT2D eigenvalue weighted by Gasteiger charge is -2.30. The number of amides is 1. The number of anilines is 1.